The number of nitrogens with two attached hydrogens (primary N) is 3. The van der Waals surface area contributed by atoms with E-state index in [1.807, 2.05) is 67.2 Å². The molecule has 8 N–H and O–H groups in total. The van der Waals surface area contributed by atoms with Crippen molar-refractivity contribution in [3.63, 3.8) is 0 Å². The molecular formula is C88H131N13O22. The molecule has 1 aromatic carbocycles. The first-order valence-electron chi connectivity index (χ1n) is 43.6. The van der Waals surface area contributed by atoms with Crippen LogP contribution in [0, 0.1) is 35.5 Å². The summed E-state index contributed by atoms with van der Waals surface area (Å²) < 4.78 is 85.0. The summed E-state index contributed by atoms with van der Waals surface area (Å²) in [7, 11) is 4.59. The van der Waals surface area contributed by atoms with Gasteiger partial charge in [-0.3, -0.25) is 24.0 Å². The van der Waals surface area contributed by atoms with Crippen molar-refractivity contribution in [1.29, 1.82) is 0 Å². The molecule has 4 fully saturated rings. The molecule has 10 rings (SSSR count). The number of rotatable bonds is 38. The van der Waals surface area contributed by atoms with Crippen molar-refractivity contribution < 1.29 is 105 Å². The third-order valence-corrected chi connectivity index (χ3v) is 23.8. The smallest absolute Gasteiger partial charge is 0.329 e. The van der Waals surface area contributed by atoms with Crippen molar-refractivity contribution in [3.8, 4) is 11.3 Å². The number of aliphatic hydroxyl groups excluding tert-OH is 1. The standard InChI is InChI=1S/C88H131N13O22/c1-56-17-11-10-12-18-57(2)73(110-7)48-66-24-21-61(6)88(109,123-66)82(106)85(107)100-27-15-13-20-69(100)86(108)121-74(49-70(102)58(3)44-60(5)80(105)81(112-9)79(104)59(4)43-56)67(89)45-62-22-25-72(75(46-62)111-8)120-29-16-14-19-65-53-99(97-95-65)28-30-113-31-32-114-33-34-115-35-36-116-37-38-117-39-40-118-41-42-119-54-76(103)98-50-63(51-98)52-101-84-77(83(90)92-55-93-84)78(96-101)64-23-26-71-68(47-64)94-87(91)122-71/h10-12,17-18,23,26,44,47,53,55-56,58-59,61-63,66-67,69,72-75,80-81,105,109H,13-16,19-22,24-25,27-43,45-46,48-52,54,89H2,1-9H3,(H2,91,94)(H2,90,92,93)/b12-10?,17-11+,57-18?,60-44+/t56-,58-,59-,61-,62+,66+,67-,69+,72-,73+,74+,75-,80-,81+,88-/m1/s1. The molecule has 2 bridgehead atoms. The van der Waals surface area contributed by atoms with E-state index in [1.165, 1.54) is 13.4 Å². The normalized spacial score (nSPS) is 27.1. The predicted molar refractivity (Wildman–Crippen MR) is 454 cm³/mol. The lowest BCUT2D eigenvalue weighted by atomic mass is 9.80. The van der Waals surface area contributed by atoms with E-state index in [-0.39, 0.29) is 92.5 Å². The first-order valence-corrected chi connectivity index (χ1v) is 43.6. The van der Waals surface area contributed by atoms with E-state index in [0.717, 1.165) is 34.6 Å². The van der Waals surface area contributed by atoms with E-state index < -0.39 is 83.8 Å². The second-order valence-corrected chi connectivity index (χ2v) is 33.2. The third-order valence-electron chi connectivity index (χ3n) is 23.8. The molecule has 0 radical (unpaired) electrons. The van der Waals surface area contributed by atoms with Gasteiger partial charge in [0.1, 0.15) is 60.1 Å². The Kier molecular flexibility index (Phi) is 38.7. The van der Waals surface area contributed by atoms with Crippen LogP contribution in [0.1, 0.15) is 137 Å². The number of nitrogen functional groups attached to an aromatic ring is 2. The summed E-state index contributed by atoms with van der Waals surface area (Å²) in [5.74, 6) is -7.90. The van der Waals surface area contributed by atoms with Crippen molar-refractivity contribution in [2.24, 2.45) is 41.2 Å². The summed E-state index contributed by atoms with van der Waals surface area (Å²) in [6, 6.07) is 3.46. The molecule has 2 amide bonds. The van der Waals surface area contributed by atoms with Crippen LogP contribution in [0.4, 0.5) is 11.8 Å². The molecule has 0 unspecified atom stereocenters. The van der Waals surface area contributed by atoms with Gasteiger partial charge in [-0.1, -0.05) is 69.4 Å². The maximum Gasteiger partial charge on any atom is 0.329 e. The average Bonchev–Trinajstić information content (AvgIpc) is 1.72. The molecule has 1 saturated carbocycles. The molecule has 5 aromatic rings. The van der Waals surface area contributed by atoms with Crippen molar-refractivity contribution in [1.82, 2.24) is 49.5 Å². The Morgan fingerprint density at radius 1 is 0.740 bits per heavy atom. The lowest BCUT2D eigenvalue weighted by Crippen LogP contribution is -2.61. The van der Waals surface area contributed by atoms with Gasteiger partial charge in [0.25, 0.3) is 17.7 Å². The molecule has 5 aliphatic rings. The van der Waals surface area contributed by atoms with Gasteiger partial charge in [-0.25, -0.2) is 24.1 Å². The number of anilines is 2. The van der Waals surface area contributed by atoms with Crippen LogP contribution in [0.5, 0.6) is 0 Å². The van der Waals surface area contributed by atoms with Gasteiger partial charge in [0, 0.05) is 108 Å². The third kappa shape index (κ3) is 28.1. The van der Waals surface area contributed by atoms with Crippen LogP contribution < -0.4 is 17.2 Å². The zero-order valence-electron chi connectivity index (χ0n) is 73.0. The summed E-state index contributed by atoms with van der Waals surface area (Å²) in [4.78, 5) is 101. The van der Waals surface area contributed by atoms with Crippen LogP contribution >= 0.6 is 0 Å². The summed E-state index contributed by atoms with van der Waals surface area (Å²) in [5.41, 5.74) is 24.4. The van der Waals surface area contributed by atoms with E-state index in [9.17, 15) is 39.0 Å². The summed E-state index contributed by atoms with van der Waals surface area (Å²) >= 11 is 0. The van der Waals surface area contributed by atoms with Crippen LogP contribution in [0.15, 0.2) is 82.7 Å². The quantitative estimate of drug-likeness (QED) is 0.0116. The minimum atomic E-state index is -2.48. The molecule has 3 saturated heterocycles. The molecule has 680 valence electrons. The van der Waals surface area contributed by atoms with Crippen LogP contribution in [0.2, 0.25) is 0 Å². The number of esters is 1. The number of hydrogen-bond acceptors (Lipinski definition) is 31. The number of carbonyl (C=O) groups excluding carboxylic acids is 6. The van der Waals surface area contributed by atoms with Crippen LogP contribution in [0.3, 0.4) is 0 Å². The molecular weight excluding hydrogens is 1590 g/mol. The Morgan fingerprint density at radius 3 is 2.13 bits per heavy atom. The number of aliphatic hydroxyl groups is 2. The number of fused-ring (bicyclic) bond motifs is 5. The molecule has 0 spiro atoms. The highest BCUT2D eigenvalue weighted by molar-refractivity contribution is 6.39. The SMILES string of the molecule is CO[C@H]1C[C@@H]2CC[C@@H](C)[C@@](O)(O2)C(=O)C(=O)N2CCCC[C@H]2C(=O)O[C@H]([C@H](N)C[C@@H]2CC[C@@H](OCCCCc3cn(CCOCCOCCOCCOCCOCCOCCOCC(=O)N4CC(Cn5nc(-c6ccc7oc(N)nc7c6)c6c(N)ncnc65)C4)nn3)[C@H](OC)C2)CC(=O)[C@H](C)/C=C(\C)[C@@H](O)[C@@H](OC)C(=O)[C@H](C)C[C@H](C)/C=C/C=CC=C1C. The highest BCUT2D eigenvalue weighted by Crippen LogP contribution is 2.39. The summed E-state index contributed by atoms with van der Waals surface area (Å²) in [5, 5.41) is 37.9. The Morgan fingerprint density at radius 2 is 1.44 bits per heavy atom. The number of benzene rings is 1. The summed E-state index contributed by atoms with van der Waals surface area (Å²) in [6.45, 7) is 18.5. The number of hydrogen-bond donors (Lipinski definition) is 5. The monoisotopic (exact) mass is 1720 g/mol. The lowest BCUT2D eigenvalue weighted by Gasteiger charge is -2.42. The molecule has 35 nitrogen and oxygen atoms in total. The average molecular weight is 1720 g/mol. The number of cyclic esters (lactones) is 1. The number of Topliss-reactive ketones (excluding diaryl/α,β-unsaturated/α-hetero) is 3. The van der Waals surface area contributed by atoms with Crippen LogP contribution in [-0.2, 0) is 110 Å². The maximum atomic E-state index is 14.7. The van der Waals surface area contributed by atoms with Gasteiger partial charge in [0.2, 0.25) is 11.7 Å². The number of ketones is 3. The number of likely N-dealkylation sites (tertiary alicyclic amines) is 1. The number of amides is 2. The highest BCUT2D eigenvalue weighted by atomic mass is 16.6. The number of nitrogens with zero attached hydrogens (tertiary/aromatic N) is 10. The highest BCUT2D eigenvalue weighted by Gasteiger charge is 2.53. The molecule has 15 atom stereocenters. The van der Waals surface area contributed by atoms with Gasteiger partial charge < -0.3 is 103 Å². The number of ether oxygens (including phenoxy) is 13. The summed E-state index contributed by atoms with van der Waals surface area (Å²) in [6.07, 6.45) is 16.3. The van der Waals surface area contributed by atoms with E-state index in [0.29, 0.717) is 215 Å². The number of aryl methyl sites for hydroxylation is 1. The molecule has 4 aromatic heterocycles. The predicted octanol–water partition coefficient (Wildman–Crippen LogP) is 6.90. The Bertz CT molecular complexity index is 4320. The van der Waals surface area contributed by atoms with Gasteiger partial charge in [-0.05, 0) is 138 Å². The fourth-order valence-electron chi connectivity index (χ4n) is 16.6. The second kappa shape index (κ2) is 49.0. The first kappa shape index (κ1) is 97.0. The number of aromatic nitrogens is 8. The number of allylic oxidation sites excluding steroid dienone is 6. The van der Waals surface area contributed by atoms with Gasteiger partial charge in [-0.2, -0.15) is 10.1 Å². The van der Waals surface area contributed by atoms with Crippen LogP contribution in [-0.4, -0.2) is 296 Å². The maximum absolute atomic E-state index is 14.7. The fraction of sp³-hybridized carbons (Fsp3) is 0.682. The van der Waals surface area contributed by atoms with Crippen molar-refractivity contribution in [2.75, 3.05) is 152 Å². The zero-order valence-corrected chi connectivity index (χ0v) is 73.0. The number of methoxy groups -OCH3 is 3. The molecule has 4 aliphatic heterocycles. The second-order valence-electron chi connectivity index (χ2n) is 33.2. The number of oxazole rings is 1. The first-order chi connectivity index (χ1) is 59.4. The number of piperidine rings is 1. The van der Waals surface area contributed by atoms with E-state index >= 15 is 0 Å². The zero-order chi connectivity index (χ0) is 88.0. The van der Waals surface area contributed by atoms with Gasteiger partial charge >= 0.3 is 5.97 Å². The van der Waals surface area contributed by atoms with E-state index in [4.69, 9.17) is 88.3 Å². The Balaban J connectivity index is 0.566. The fourth-order valence-corrected chi connectivity index (χ4v) is 16.6. The van der Waals surface area contributed by atoms with Crippen molar-refractivity contribution >= 4 is 69.1 Å². The van der Waals surface area contributed by atoms with Crippen molar-refractivity contribution in [2.45, 2.75) is 212 Å². The van der Waals surface area contributed by atoms with Crippen molar-refractivity contribution in [3.05, 3.63) is 84.0 Å². The molecule has 35 heteroatoms. The van der Waals surface area contributed by atoms with Gasteiger partial charge in [0.15, 0.2) is 17.0 Å². The Hall–Kier alpha value is -8.24. The number of unbranched alkanes of at least 4 members (excludes halogenated alkanes) is 1. The largest absolute Gasteiger partial charge is 0.459 e. The molecule has 8 heterocycles. The molecule has 123 heavy (non-hydrogen) atoms. The Labute approximate surface area is 720 Å². The minimum Gasteiger partial charge on any atom is -0.459 e. The lowest BCUT2D eigenvalue weighted by molar-refractivity contribution is -0.265. The van der Waals surface area contributed by atoms with E-state index in [1.54, 1.807) is 63.6 Å². The minimum absolute atomic E-state index is 0.0152. The van der Waals surface area contributed by atoms with Crippen LogP contribution in [0.25, 0.3) is 33.4 Å². The van der Waals surface area contributed by atoms with Gasteiger partial charge in [-0.15, -0.1) is 5.10 Å². The van der Waals surface area contributed by atoms with Gasteiger partial charge in [0.05, 0.1) is 128 Å². The number of carbonyl (C=O) groups is 6. The van der Waals surface area contributed by atoms with E-state index in [2.05, 4.69) is 25.3 Å². The topological polar surface area (TPSA) is 448 Å². The molecule has 1 aliphatic carbocycles.